The van der Waals surface area contributed by atoms with Crippen LogP contribution in [-0.4, -0.2) is 11.7 Å². The molecule has 0 aromatic rings. The van der Waals surface area contributed by atoms with Crippen molar-refractivity contribution >= 4 is 0 Å². The van der Waals surface area contributed by atoms with Crippen LogP contribution in [0.4, 0.5) is 0 Å². The summed E-state index contributed by atoms with van der Waals surface area (Å²) in [7, 11) is 0. The topological polar surface area (TPSA) is 20.2 Å². The number of hydrogen-bond donors (Lipinski definition) is 1. The van der Waals surface area contributed by atoms with Crippen molar-refractivity contribution in [2.24, 2.45) is 5.92 Å². The lowest BCUT2D eigenvalue weighted by Gasteiger charge is -2.16. The lowest BCUT2D eigenvalue weighted by Crippen LogP contribution is -2.02. The number of unbranched alkanes of at least 4 members (excludes halogenated alkanes) is 7. The van der Waals surface area contributed by atoms with Gasteiger partial charge in [-0.1, -0.05) is 90.9 Å². The molecule has 0 amide bonds. The predicted octanol–water partition coefficient (Wildman–Crippen LogP) is 5.71. The first-order valence-electron chi connectivity index (χ1n) is 8.46. The van der Waals surface area contributed by atoms with Crippen molar-refractivity contribution in [2.45, 2.75) is 97.3 Å². The Kier molecular flexibility index (Phi) is 15.0. The molecule has 1 N–H and O–H groups in total. The third-order valence-corrected chi connectivity index (χ3v) is 3.95. The molecular formula is C17H36O. The fraction of sp³-hybridized carbons (Fsp3) is 1.00. The normalized spacial score (nSPS) is 11.3. The van der Waals surface area contributed by atoms with E-state index < -0.39 is 0 Å². The molecule has 0 saturated carbocycles. The third-order valence-electron chi connectivity index (χ3n) is 3.95. The van der Waals surface area contributed by atoms with Crippen molar-refractivity contribution in [2.75, 3.05) is 6.61 Å². The molecule has 0 aromatic heterocycles. The zero-order valence-electron chi connectivity index (χ0n) is 12.9. The maximum absolute atomic E-state index is 8.87. The number of aliphatic hydroxyl groups excluding tert-OH is 1. The largest absolute Gasteiger partial charge is 0.396 e. The SMILES string of the molecule is CCCCCCC(CCCCO)CCCCCC. The molecule has 0 rings (SSSR count). The molecule has 1 heteroatoms. The zero-order valence-corrected chi connectivity index (χ0v) is 12.9. The van der Waals surface area contributed by atoms with E-state index in [4.69, 9.17) is 5.11 Å². The van der Waals surface area contributed by atoms with Crippen LogP contribution in [0.5, 0.6) is 0 Å². The van der Waals surface area contributed by atoms with Gasteiger partial charge in [0, 0.05) is 6.61 Å². The van der Waals surface area contributed by atoms with E-state index in [1.807, 2.05) is 0 Å². The molecule has 0 unspecified atom stereocenters. The highest BCUT2D eigenvalue weighted by Gasteiger charge is 2.08. The quantitative estimate of drug-likeness (QED) is 0.395. The van der Waals surface area contributed by atoms with Crippen molar-refractivity contribution in [3.63, 3.8) is 0 Å². The Bertz CT molecular complexity index is 133. The van der Waals surface area contributed by atoms with Gasteiger partial charge in [-0.15, -0.1) is 0 Å². The van der Waals surface area contributed by atoms with Crippen molar-refractivity contribution in [3.05, 3.63) is 0 Å². The monoisotopic (exact) mass is 256 g/mol. The highest BCUT2D eigenvalue weighted by molar-refractivity contribution is 4.61. The molecule has 0 aliphatic rings. The Morgan fingerprint density at radius 1 is 0.611 bits per heavy atom. The summed E-state index contributed by atoms with van der Waals surface area (Å²) < 4.78 is 0. The highest BCUT2D eigenvalue weighted by Crippen LogP contribution is 2.23. The van der Waals surface area contributed by atoms with Gasteiger partial charge in [0.2, 0.25) is 0 Å². The maximum Gasteiger partial charge on any atom is 0.0431 e. The van der Waals surface area contributed by atoms with E-state index in [0.717, 1.165) is 12.3 Å². The van der Waals surface area contributed by atoms with E-state index in [1.165, 1.54) is 77.0 Å². The van der Waals surface area contributed by atoms with Gasteiger partial charge in [-0.2, -0.15) is 0 Å². The zero-order chi connectivity index (χ0) is 13.5. The summed E-state index contributed by atoms with van der Waals surface area (Å²) in [5, 5.41) is 8.87. The number of hydrogen-bond acceptors (Lipinski definition) is 1. The van der Waals surface area contributed by atoms with Crippen molar-refractivity contribution in [3.8, 4) is 0 Å². The Hall–Kier alpha value is -0.0400. The second kappa shape index (κ2) is 15.0. The molecule has 0 saturated heterocycles. The summed E-state index contributed by atoms with van der Waals surface area (Å²) in [6.45, 7) is 4.94. The summed E-state index contributed by atoms with van der Waals surface area (Å²) in [6, 6.07) is 0. The minimum Gasteiger partial charge on any atom is -0.396 e. The molecule has 0 spiro atoms. The first-order valence-corrected chi connectivity index (χ1v) is 8.46. The van der Waals surface area contributed by atoms with Crippen LogP contribution < -0.4 is 0 Å². The summed E-state index contributed by atoms with van der Waals surface area (Å²) >= 11 is 0. The Balaban J connectivity index is 3.62. The van der Waals surface area contributed by atoms with E-state index in [1.54, 1.807) is 0 Å². The predicted molar refractivity (Wildman–Crippen MR) is 81.9 cm³/mol. The van der Waals surface area contributed by atoms with Gasteiger partial charge in [-0.3, -0.25) is 0 Å². The van der Waals surface area contributed by atoms with Crippen molar-refractivity contribution in [1.29, 1.82) is 0 Å². The van der Waals surface area contributed by atoms with Crippen molar-refractivity contribution < 1.29 is 5.11 Å². The molecule has 0 aromatic carbocycles. The summed E-state index contributed by atoms with van der Waals surface area (Å²) in [4.78, 5) is 0. The van der Waals surface area contributed by atoms with Crippen LogP contribution in [0.1, 0.15) is 97.3 Å². The fourth-order valence-electron chi connectivity index (χ4n) is 2.70. The lowest BCUT2D eigenvalue weighted by atomic mass is 9.90. The first-order chi connectivity index (χ1) is 8.85. The van der Waals surface area contributed by atoms with Gasteiger partial charge in [0.25, 0.3) is 0 Å². The highest BCUT2D eigenvalue weighted by atomic mass is 16.2. The molecular weight excluding hydrogens is 220 g/mol. The fourth-order valence-corrected chi connectivity index (χ4v) is 2.70. The average molecular weight is 256 g/mol. The van der Waals surface area contributed by atoms with Crippen LogP contribution in [0, 0.1) is 5.92 Å². The maximum atomic E-state index is 8.87. The summed E-state index contributed by atoms with van der Waals surface area (Å²) in [5.41, 5.74) is 0. The molecule has 0 fully saturated rings. The van der Waals surface area contributed by atoms with Crippen LogP contribution >= 0.6 is 0 Å². The molecule has 0 bridgehead atoms. The van der Waals surface area contributed by atoms with Crippen LogP contribution in [-0.2, 0) is 0 Å². The van der Waals surface area contributed by atoms with Crippen LogP contribution in [0.25, 0.3) is 0 Å². The smallest absolute Gasteiger partial charge is 0.0431 e. The van der Waals surface area contributed by atoms with Gasteiger partial charge in [-0.25, -0.2) is 0 Å². The molecule has 0 heterocycles. The third kappa shape index (κ3) is 12.4. The second-order valence-corrected chi connectivity index (χ2v) is 5.78. The summed E-state index contributed by atoms with van der Waals surface area (Å²) in [6.07, 6.45) is 17.6. The number of rotatable bonds is 14. The van der Waals surface area contributed by atoms with Gasteiger partial charge in [-0.05, 0) is 12.3 Å². The van der Waals surface area contributed by atoms with Gasteiger partial charge in [0.05, 0.1) is 0 Å². The van der Waals surface area contributed by atoms with Gasteiger partial charge in [0.15, 0.2) is 0 Å². The Morgan fingerprint density at radius 3 is 1.44 bits per heavy atom. The lowest BCUT2D eigenvalue weighted by molar-refractivity contribution is 0.273. The number of aliphatic hydroxyl groups is 1. The molecule has 18 heavy (non-hydrogen) atoms. The van der Waals surface area contributed by atoms with Crippen LogP contribution in [0.2, 0.25) is 0 Å². The molecule has 0 atom stereocenters. The standard InChI is InChI=1S/C17H36O/c1-3-5-7-9-13-17(15-11-12-16-18)14-10-8-6-4-2/h17-18H,3-16H2,1-2H3. The second-order valence-electron chi connectivity index (χ2n) is 5.78. The van der Waals surface area contributed by atoms with Gasteiger partial charge < -0.3 is 5.11 Å². The molecule has 0 aliphatic carbocycles. The van der Waals surface area contributed by atoms with Crippen molar-refractivity contribution in [1.82, 2.24) is 0 Å². The minimum atomic E-state index is 0.373. The molecule has 0 radical (unpaired) electrons. The van der Waals surface area contributed by atoms with E-state index >= 15 is 0 Å². The Labute approximate surface area is 115 Å². The Morgan fingerprint density at radius 2 is 1.06 bits per heavy atom. The van der Waals surface area contributed by atoms with E-state index in [0.29, 0.717) is 6.61 Å². The van der Waals surface area contributed by atoms with Gasteiger partial charge in [0.1, 0.15) is 0 Å². The van der Waals surface area contributed by atoms with E-state index in [-0.39, 0.29) is 0 Å². The summed E-state index contributed by atoms with van der Waals surface area (Å²) in [5.74, 6) is 0.935. The minimum absolute atomic E-state index is 0.373. The average Bonchev–Trinajstić information content (AvgIpc) is 2.39. The molecule has 1 nitrogen and oxygen atoms in total. The first kappa shape index (κ1) is 18.0. The van der Waals surface area contributed by atoms with Crippen LogP contribution in [0.3, 0.4) is 0 Å². The molecule has 0 aliphatic heterocycles. The van der Waals surface area contributed by atoms with Crippen LogP contribution in [0.15, 0.2) is 0 Å². The molecule has 110 valence electrons. The van der Waals surface area contributed by atoms with E-state index in [2.05, 4.69) is 13.8 Å². The van der Waals surface area contributed by atoms with E-state index in [9.17, 15) is 0 Å². The van der Waals surface area contributed by atoms with Gasteiger partial charge >= 0.3 is 0 Å².